The van der Waals surface area contributed by atoms with Crippen molar-refractivity contribution in [2.75, 3.05) is 6.61 Å². The molecule has 0 radical (unpaired) electrons. The van der Waals surface area contributed by atoms with Crippen LogP contribution in [0.1, 0.15) is 25.8 Å². The molecule has 1 aromatic carbocycles. The molecule has 1 fully saturated rings. The number of β-lactam (4-membered cyclic amide) rings is 1. The Labute approximate surface area is 140 Å². The van der Waals surface area contributed by atoms with Crippen molar-refractivity contribution in [2.24, 2.45) is 5.92 Å². The van der Waals surface area contributed by atoms with Crippen LogP contribution in [0.4, 0.5) is 0 Å². The summed E-state index contributed by atoms with van der Waals surface area (Å²) in [5.41, 5.74) is 0.896. The monoisotopic (exact) mass is 332 g/mol. The summed E-state index contributed by atoms with van der Waals surface area (Å²) >= 11 is 0. The Hall–Kier alpha value is -2.70. The van der Waals surface area contributed by atoms with E-state index in [1.807, 2.05) is 30.3 Å². The average molecular weight is 332 g/mol. The van der Waals surface area contributed by atoms with Gasteiger partial charge in [0.1, 0.15) is 6.04 Å². The van der Waals surface area contributed by atoms with Crippen molar-refractivity contribution in [2.45, 2.75) is 32.9 Å². The maximum Gasteiger partial charge on any atom is 0.306 e. The summed E-state index contributed by atoms with van der Waals surface area (Å²) < 4.78 is 4.82. The Balaban J connectivity index is 2.04. The van der Waals surface area contributed by atoms with E-state index in [2.05, 4.69) is 5.32 Å². The first kappa shape index (κ1) is 17.7. The minimum Gasteiger partial charge on any atom is -0.466 e. The van der Waals surface area contributed by atoms with Crippen LogP contribution in [0.15, 0.2) is 30.3 Å². The lowest BCUT2D eigenvalue weighted by atomic mass is 9.83. The molecule has 1 heterocycles. The Morgan fingerprint density at radius 1 is 1.21 bits per heavy atom. The molecule has 1 N–H and O–H groups in total. The zero-order chi connectivity index (χ0) is 17.7. The fourth-order valence-electron chi connectivity index (χ4n) is 2.69. The lowest BCUT2D eigenvalue weighted by molar-refractivity contribution is -0.173. The SMILES string of the molecule is CCOC(=O)C[C@@H]1C(=O)N(C(C)=O)[C@@H]1C(=O)NCc1ccccc1. The molecule has 7 heteroatoms. The molecule has 24 heavy (non-hydrogen) atoms. The van der Waals surface area contributed by atoms with Gasteiger partial charge in [0.25, 0.3) is 0 Å². The van der Waals surface area contributed by atoms with Crippen molar-refractivity contribution in [3.8, 4) is 0 Å². The Morgan fingerprint density at radius 3 is 2.46 bits per heavy atom. The molecule has 0 bridgehead atoms. The molecule has 0 saturated carbocycles. The summed E-state index contributed by atoms with van der Waals surface area (Å²) in [7, 11) is 0. The molecule has 3 amide bonds. The maximum atomic E-state index is 12.4. The summed E-state index contributed by atoms with van der Waals surface area (Å²) in [6, 6.07) is 8.29. The van der Waals surface area contributed by atoms with Gasteiger partial charge in [-0.05, 0) is 12.5 Å². The van der Waals surface area contributed by atoms with Crippen LogP contribution in [0.2, 0.25) is 0 Å². The van der Waals surface area contributed by atoms with Crippen LogP contribution in [0.3, 0.4) is 0 Å². The number of hydrogen-bond acceptors (Lipinski definition) is 5. The number of hydrogen-bond donors (Lipinski definition) is 1. The number of rotatable bonds is 6. The van der Waals surface area contributed by atoms with Crippen LogP contribution in [0, 0.1) is 5.92 Å². The number of likely N-dealkylation sites (tertiary alicyclic amines) is 1. The van der Waals surface area contributed by atoms with E-state index in [1.54, 1.807) is 6.92 Å². The van der Waals surface area contributed by atoms with E-state index in [0.717, 1.165) is 10.5 Å². The molecule has 1 aliphatic heterocycles. The molecule has 0 aromatic heterocycles. The molecule has 2 atom stereocenters. The van der Waals surface area contributed by atoms with Gasteiger partial charge in [0, 0.05) is 13.5 Å². The number of benzene rings is 1. The Morgan fingerprint density at radius 2 is 1.88 bits per heavy atom. The van der Waals surface area contributed by atoms with Crippen LogP contribution in [-0.2, 0) is 30.5 Å². The number of amides is 3. The second-order valence-electron chi connectivity index (χ2n) is 5.49. The normalized spacial score (nSPS) is 19.4. The van der Waals surface area contributed by atoms with Crippen LogP contribution in [-0.4, -0.2) is 41.2 Å². The molecule has 1 aromatic rings. The van der Waals surface area contributed by atoms with E-state index in [9.17, 15) is 19.2 Å². The third kappa shape index (κ3) is 3.79. The first-order chi connectivity index (χ1) is 11.5. The number of esters is 1. The highest BCUT2D eigenvalue weighted by atomic mass is 16.5. The largest absolute Gasteiger partial charge is 0.466 e. The molecule has 0 spiro atoms. The molecule has 0 aliphatic carbocycles. The molecule has 1 saturated heterocycles. The van der Waals surface area contributed by atoms with Crippen molar-refractivity contribution in [1.82, 2.24) is 10.2 Å². The lowest BCUT2D eigenvalue weighted by Gasteiger charge is -2.43. The van der Waals surface area contributed by atoms with Crippen LogP contribution in [0.25, 0.3) is 0 Å². The summed E-state index contributed by atoms with van der Waals surface area (Å²) in [4.78, 5) is 48.5. The molecule has 0 unspecified atom stereocenters. The van der Waals surface area contributed by atoms with Crippen molar-refractivity contribution in [3.63, 3.8) is 0 Å². The minimum absolute atomic E-state index is 0.195. The highest BCUT2D eigenvalue weighted by Gasteiger charge is 2.54. The second kappa shape index (κ2) is 7.72. The van der Waals surface area contributed by atoms with Gasteiger partial charge in [0.2, 0.25) is 17.7 Å². The summed E-state index contributed by atoms with van der Waals surface area (Å²) in [5.74, 6) is -2.90. The summed E-state index contributed by atoms with van der Waals surface area (Å²) in [5, 5.41) is 2.70. The molecule has 7 nitrogen and oxygen atoms in total. The second-order valence-corrected chi connectivity index (χ2v) is 5.49. The van der Waals surface area contributed by atoms with Gasteiger partial charge in [0.05, 0.1) is 18.9 Å². The standard InChI is InChI=1S/C17H20N2O5/c1-3-24-14(21)9-13-15(19(11(2)20)17(13)23)16(22)18-10-12-7-5-4-6-8-12/h4-8,13,15H,3,9-10H2,1-2H3,(H,18,22)/t13-,15-/m0/s1. The van der Waals surface area contributed by atoms with E-state index in [0.29, 0.717) is 0 Å². The molecule has 128 valence electrons. The van der Waals surface area contributed by atoms with Crippen LogP contribution in [0.5, 0.6) is 0 Å². The summed E-state index contributed by atoms with van der Waals surface area (Å²) in [6.45, 7) is 3.35. The van der Waals surface area contributed by atoms with E-state index in [4.69, 9.17) is 4.74 Å². The maximum absolute atomic E-state index is 12.4. The average Bonchev–Trinajstić information content (AvgIpc) is 2.55. The number of nitrogens with zero attached hydrogens (tertiary/aromatic N) is 1. The van der Waals surface area contributed by atoms with Gasteiger partial charge in [-0.1, -0.05) is 30.3 Å². The first-order valence-electron chi connectivity index (χ1n) is 7.76. The third-order valence-corrected chi connectivity index (χ3v) is 3.82. The van der Waals surface area contributed by atoms with Gasteiger partial charge >= 0.3 is 5.97 Å². The summed E-state index contributed by atoms with van der Waals surface area (Å²) in [6.07, 6.45) is -0.208. The van der Waals surface area contributed by atoms with Crippen molar-refractivity contribution in [3.05, 3.63) is 35.9 Å². The molecular formula is C17H20N2O5. The number of nitrogens with one attached hydrogen (secondary N) is 1. The first-order valence-corrected chi connectivity index (χ1v) is 7.76. The number of carbonyl (C=O) groups excluding carboxylic acids is 4. The van der Waals surface area contributed by atoms with E-state index < -0.39 is 35.7 Å². The van der Waals surface area contributed by atoms with Gasteiger partial charge in [-0.3, -0.25) is 24.1 Å². The highest BCUT2D eigenvalue weighted by Crippen LogP contribution is 2.30. The fraction of sp³-hybridized carbons (Fsp3) is 0.412. The smallest absolute Gasteiger partial charge is 0.306 e. The number of ether oxygens (including phenoxy) is 1. The zero-order valence-corrected chi connectivity index (χ0v) is 13.7. The van der Waals surface area contributed by atoms with Gasteiger partial charge < -0.3 is 10.1 Å². The predicted octanol–water partition coefficient (Wildman–Crippen LogP) is 0.630. The topological polar surface area (TPSA) is 92.8 Å². The van der Waals surface area contributed by atoms with Gasteiger partial charge in [0.15, 0.2) is 0 Å². The van der Waals surface area contributed by atoms with Crippen LogP contribution >= 0.6 is 0 Å². The zero-order valence-electron chi connectivity index (χ0n) is 13.7. The van der Waals surface area contributed by atoms with E-state index in [-0.39, 0.29) is 19.6 Å². The molecule has 2 rings (SSSR count). The van der Waals surface area contributed by atoms with Crippen molar-refractivity contribution >= 4 is 23.7 Å². The number of imide groups is 1. The Bertz CT molecular complexity index is 644. The van der Waals surface area contributed by atoms with Gasteiger partial charge in [-0.25, -0.2) is 0 Å². The number of carbonyl (C=O) groups is 4. The van der Waals surface area contributed by atoms with E-state index >= 15 is 0 Å². The van der Waals surface area contributed by atoms with E-state index in [1.165, 1.54) is 6.92 Å². The van der Waals surface area contributed by atoms with Crippen LogP contribution < -0.4 is 5.32 Å². The predicted molar refractivity (Wildman–Crippen MR) is 84.3 cm³/mol. The van der Waals surface area contributed by atoms with Crippen molar-refractivity contribution in [1.29, 1.82) is 0 Å². The Kier molecular flexibility index (Phi) is 5.68. The van der Waals surface area contributed by atoms with Crippen molar-refractivity contribution < 1.29 is 23.9 Å². The highest BCUT2D eigenvalue weighted by molar-refractivity contribution is 6.09. The van der Waals surface area contributed by atoms with Gasteiger partial charge in [-0.15, -0.1) is 0 Å². The minimum atomic E-state index is -0.969. The quantitative estimate of drug-likeness (QED) is 0.609. The molecular weight excluding hydrogens is 312 g/mol. The van der Waals surface area contributed by atoms with Gasteiger partial charge in [-0.2, -0.15) is 0 Å². The lowest BCUT2D eigenvalue weighted by Crippen LogP contribution is -2.68. The molecule has 1 aliphatic rings. The third-order valence-electron chi connectivity index (χ3n) is 3.82. The fourth-order valence-corrected chi connectivity index (χ4v) is 2.69.